The summed E-state index contributed by atoms with van der Waals surface area (Å²) < 4.78 is 1.09. The zero-order valence-corrected chi connectivity index (χ0v) is 15.7. The van der Waals surface area contributed by atoms with Crippen LogP contribution in [0.25, 0.3) is 0 Å². The Morgan fingerprint density at radius 2 is 1.88 bits per heavy atom. The lowest BCUT2D eigenvalue weighted by Crippen LogP contribution is -2.49. The number of carbonyl (C=O) groups excluding carboxylic acids is 1. The number of amides is 1. The highest BCUT2D eigenvalue weighted by Gasteiger charge is 2.43. The molecule has 2 saturated carbocycles. The maximum atomic E-state index is 13.3. The summed E-state index contributed by atoms with van der Waals surface area (Å²) in [7, 11) is 0. The van der Waals surface area contributed by atoms with Gasteiger partial charge in [0.2, 0.25) is 5.91 Å². The van der Waals surface area contributed by atoms with Crippen molar-refractivity contribution in [3.63, 3.8) is 0 Å². The fraction of sp³-hybridized carbons (Fsp3) is 0.650. The Bertz CT molecular complexity index is 605. The molecule has 0 radical (unpaired) electrons. The summed E-state index contributed by atoms with van der Waals surface area (Å²) in [5.41, 5.74) is 7.67. The van der Waals surface area contributed by atoms with Crippen LogP contribution in [-0.2, 0) is 4.79 Å². The summed E-state index contributed by atoms with van der Waals surface area (Å²) >= 11 is 3.56. The number of nitrogens with zero attached hydrogens (tertiary/aromatic N) is 1. The van der Waals surface area contributed by atoms with E-state index < -0.39 is 0 Å². The van der Waals surface area contributed by atoms with Crippen molar-refractivity contribution >= 4 is 21.8 Å². The van der Waals surface area contributed by atoms with Crippen LogP contribution in [0.2, 0.25) is 0 Å². The molecule has 1 heterocycles. The molecule has 1 saturated heterocycles. The molecule has 4 heteroatoms. The van der Waals surface area contributed by atoms with Crippen LogP contribution in [-0.4, -0.2) is 23.4 Å². The van der Waals surface area contributed by atoms with E-state index in [0.29, 0.717) is 23.8 Å². The summed E-state index contributed by atoms with van der Waals surface area (Å²) in [5.74, 6) is 1.73. The molecule has 3 aliphatic rings. The fourth-order valence-electron chi connectivity index (χ4n) is 5.32. The Labute approximate surface area is 153 Å². The number of rotatable bonds is 2. The van der Waals surface area contributed by atoms with E-state index in [-0.39, 0.29) is 12.0 Å². The van der Waals surface area contributed by atoms with Crippen LogP contribution in [0.1, 0.15) is 56.6 Å². The summed E-state index contributed by atoms with van der Waals surface area (Å²) in [5, 5.41) is 0. The summed E-state index contributed by atoms with van der Waals surface area (Å²) in [6, 6.07) is 9.04. The summed E-state index contributed by atoms with van der Waals surface area (Å²) in [6.07, 6.45) is 7.96. The number of nitrogens with two attached hydrogens (primary N) is 1. The van der Waals surface area contributed by atoms with Crippen molar-refractivity contribution in [2.24, 2.45) is 23.5 Å². The van der Waals surface area contributed by atoms with Gasteiger partial charge in [0.25, 0.3) is 0 Å². The first-order valence-electron chi connectivity index (χ1n) is 9.45. The normalized spacial score (nSPS) is 35.9. The van der Waals surface area contributed by atoms with E-state index in [0.717, 1.165) is 36.7 Å². The topological polar surface area (TPSA) is 46.3 Å². The van der Waals surface area contributed by atoms with Crippen LogP contribution < -0.4 is 5.73 Å². The quantitative estimate of drug-likeness (QED) is 0.819. The highest BCUT2D eigenvalue weighted by atomic mass is 79.9. The van der Waals surface area contributed by atoms with E-state index in [1.165, 1.54) is 24.8 Å². The number of benzene rings is 1. The van der Waals surface area contributed by atoms with Crippen molar-refractivity contribution in [3.05, 3.63) is 34.3 Å². The lowest BCUT2D eigenvalue weighted by atomic mass is 9.65. The summed E-state index contributed by atoms with van der Waals surface area (Å²) in [4.78, 5) is 15.4. The van der Waals surface area contributed by atoms with Gasteiger partial charge < -0.3 is 10.6 Å². The molecule has 0 aromatic heterocycles. The van der Waals surface area contributed by atoms with Gasteiger partial charge in [0, 0.05) is 23.0 Å². The minimum absolute atomic E-state index is 0.202. The second kappa shape index (κ2) is 6.80. The second-order valence-corrected chi connectivity index (χ2v) is 8.86. The predicted octanol–water partition coefficient (Wildman–Crippen LogP) is 4.27. The van der Waals surface area contributed by atoms with Crippen LogP contribution >= 0.6 is 15.9 Å². The van der Waals surface area contributed by atoms with E-state index in [9.17, 15) is 4.79 Å². The molecule has 0 spiro atoms. The van der Waals surface area contributed by atoms with Gasteiger partial charge in [0.05, 0.1) is 6.04 Å². The molecular formula is C20H27BrN2O. The van der Waals surface area contributed by atoms with Gasteiger partial charge in [-0.15, -0.1) is 0 Å². The number of carbonyl (C=O) groups is 1. The molecule has 1 aromatic rings. The standard InChI is InChI=1S/C20H27BrN2O/c21-17-7-2-4-13(12-17)18-8-3-9-23(18)20(24)16-10-14-5-1-6-15(11-16)19(14)22/h2,4,7,12,14-16,18-19H,1,3,5-6,8-11,22H2. The Kier molecular flexibility index (Phi) is 4.70. The monoisotopic (exact) mass is 390 g/mol. The number of hydrogen-bond acceptors (Lipinski definition) is 2. The van der Waals surface area contributed by atoms with Gasteiger partial charge in [-0.1, -0.05) is 34.5 Å². The van der Waals surface area contributed by atoms with E-state index in [2.05, 4.69) is 39.0 Å². The van der Waals surface area contributed by atoms with Gasteiger partial charge in [0.15, 0.2) is 0 Å². The van der Waals surface area contributed by atoms with Crippen molar-refractivity contribution in [2.75, 3.05) is 6.54 Å². The van der Waals surface area contributed by atoms with Crippen LogP contribution in [0, 0.1) is 17.8 Å². The molecule has 24 heavy (non-hydrogen) atoms. The van der Waals surface area contributed by atoms with Gasteiger partial charge in [0.1, 0.15) is 0 Å². The molecule has 3 fully saturated rings. The number of halogens is 1. The van der Waals surface area contributed by atoms with Crippen LogP contribution in [0.5, 0.6) is 0 Å². The Balaban J connectivity index is 1.51. The van der Waals surface area contributed by atoms with Crippen molar-refractivity contribution < 1.29 is 4.79 Å². The molecule has 1 amide bonds. The van der Waals surface area contributed by atoms with Crippen molar-refractivity contribution in [1.29, 1.82) is 0 Å². The zero-order valence-electron chi connectivity index (χ0n) is 14.2. The average Bonchev–Trinajstić information content (AvgIpc) is 3.03. The zero-order chi connectivity index (χ0) is 16.7. The minimum atomic E-state index is 0.202. The molecule has 1 aliphatic heterocycles. The molecule has 3 unspecified atom stereocenters. The van der Waals surface area contributed by atoms with E-state index in [1.807, 2.05) is 6.07 Å². The lowest BCUT2D eigenvalue weighted by Gasteiger charge is -2.44. The highest BCUT2D eigenvalue weighted by molar-refractivity contribution is 9.10. The Hall–Kier alpha value is -0.870. The van der Waals surface area contributed by atoms with Crippen LogP contribution in [0.4, 0.5) is 0 Å². The summed E-state index contributed by atoms with van der Waals surface area (Å²) in [6.45, 7) is 0.911. The molecule has 3 atom stereocenters. The lowest BCUT2D eigenvalue weighted by molar-refractivity contribution is -0.139. The van der Waals surface area contributed by atoms with Crippen LogP contribution in [0.15, 0.2) is 28.7 Å². The van der Waals surface area contributed by atoms with Gasteiger partial charge in [-0.05, 0) is 68.1 Å². The van der Waals surface area contributed by atoms with Crippen LogP contribution in [0.3, 0.4) is 0 Å². The molecule has 1 aromatic carbocycles. The van der Waals surface area contributed by atoms with E-state index in [4.69, 9.17) is 5.73 Å². The molecule has 3 nitrogen and oxygen atoms in total. The first-order valence-corrected chi connectivity index (χ1v) is 10.2. The average molecular weight is 391 g/mol. The van der Waals surface area contributed by atoms with E-state index >= 15 is 0 Å². The van der Waals surface area contributed by atoms with Gasteiger partial charge in [-0.2, -0.15) is 0 Å². The molecule has 2 bridgehead atoms. The third kappa shape index (κ3) is 3.03. The molecule has 2 aliphatic carbocycles. The third-order valence-electron chi connectivity index (χ3n) is 6.53. The molecule has 2 N–H and O–H groups in total. The first kappa shape index (κ1) is 16.6. The van der Waals surface area contributed by atoms with Crippen molar-refractivity contribution in [1.82, 2.24) is 4.90 Å². The van der Waals surface area contributed by atoms with E-state index in [1.54, 1.807) is 0 Å². The third-order valence-corrected chi connectivity index (χ3v) is 7.02. The Morgan fingerprint density at radius 1 is 1.12 bits per heavy atom. The predicted molar refractivity (Wildman–Crippen MR) is 99.4 cm³/mol. The highest BCUT2D eigenvalue weighted by Crippen LogP contribution is 2.44. The largest absolute Gasteiger partial charge is 0.335 e. The Morgan fingerprint density at radius 3 is 2.58 bits per heavy atom. The van der Waals surface area contributed by atoms with Gasteiger partial charge in [-0.25, -0.2) is 0 Å². The number of likely N-dealkylation sites (tertiary alicyclic amines) is 1. The smallest absolute Gasteiger partial charge is 0.226 e. The minimum Gasteiger partial charge on any atom is -0.335 e. The van der Waals surface area contributed by atoms with Crippen molar-refractivity contribution in [3.8, 4) is 0 Å². The number of fused-ring (bicyclic) bond motifs is 2. The SMILES string of the molecule is NC1C2CCCC1CC(C(=O)N1CCCC1c1cccc(Br)c1)C2. The number of hydrogen-bond donors (Lipinski definition) is 1. The molecule has 130 valence electrons. The second-order valence-electron chi connectivity index (χ2n) is 7.94. The maximum absolute atomic E-state index is 13.3. The molecule has 4 rings (SSSR count). The fourth-order valence-corrected chi connectivity index (χ4v) is 5.73. The first-order chi connectivity index (χ1) is 11.6. The maximum Gasteiger partial charge on any atom is 0.226 e. The van der Waals surface area contributed by atoms with Gasteiger partial charge >= 0.3 is 0 Å². The van der Waals surface area contributed by atoms with Gasteiger partial charge in [-0.3, -0.25) is 4.79 Å². The van der Waals surface area contributed by atoms with Crippen molar-refractivity contribution in [2.45, 2.75) is 57.0 Å². The molecular weight excluding hydrogens is 364 g/mol.